The number of hydrogen-bond acceptors (Lipinski definition) is 3. The summed E-state index contributed by atoms with van der Waals surface area (Å²) in [5.41, 5.74) is 6.20. The minimum atomic E-state index is -1.19. The standard InChI is InChI=1S/C13H14N2O2S/c14-11-5-1-2-6-12(11)18(17)10-9-15-8-4-3-7-13(15)16/h1-8H,9-10,14H2. The second-order valence-electron chi connectivity index (χ2n) is 3.82. The van der Waals surface area contributed by atoms with Gasteiger partial charge < -0.3 is 10.3 Å². The van der Waals surface area contributed by atoms with Crippen LogP contribution in [0.1, 0.15) is 0 Å². The SMILES string of the molecule is Nc1ccccc1S(=O)CCn1ccccc1=O. The van der Waals surface area contributed by atoms with Crippen molar-refractivity contribution in [3.8, 4) is 0 Å². The minimum Gasteiger partial charge on any atom is -0.398 e. The Morgan fingerprint density at radius 3 is 2.56 bits per heavy atom. The molecule has 2 aromatic rings. The number of nitrogen functional groups attached to an aromatic ring is 1. The molecular weight excluding hydrogens is 248 g/mol. The van der Waals surface area contributed by atoms with E-state index in [2.05, 4.69) is 0 Å². The lowest BCUT2D eigenvalue weighted by atomic mass is 10.3. The summed E-state index contributed by atoms with van der Waals surface area (Å²) in [5, 5.41) is 0. The largest absolute Gasteiger partial charge is 0.398 e. The van der Waals surface area contributed by atoms with Crippen molar-refractivity contribution in [2.75, 3.05) is 11.5 Å². The average Bonchev–Trinajstić information content (AvgIpc) is 2.38. The zero-order valence-electron chi connectivity index (χ0n) is 9.78. The second-order valence-corrected chi connectivity index (χ2v) is 5.36. The Morgan fingerprint density at radius 2 is 1.83 bits per heavy atom. The number of nitrogens with two attached hydrogens (primary N) is 1. The van der Waals surface area contributed by atoms with Crippen molar-refractivity contribution < 1.29 is 4.21 Å². The maximum Gasteiger partial charge on any atom is 0.250 e. The lowest BCUT2D eigenvalue weighted by molar-refractivity contribution is 0.669. The van der Waals surface area contributed by atoms with Crippen LogP contribution in [0, 0.1) is 0 Å². The third-order valence-corrected chi connectivity index (χ3v) is 4.00. The first-order valence-corrected chi connectivity index (χ1v) is 6.89. The summed E-state index contributed by atoms with van der Waals surface area (Å²) in [5.74, 6) is 0.373. The van der Waals surface area contributed by atoms with Gasteiger partial charge in [-0.2, -0.15) is 0 Å². The smallest absolute Gasteiger partial charge is 0.250 e. The molecule has 0 saturated carbocycles. The van der Waals surface area contributed by atoms with Gasteiger partial charge in [0.25, 0.3) is 5.56 Å². The maximum absolute atomic E-state index is 12.1. The van der Waals surface area contributed by atoms with Crippen molar-refractivity contribution in [1.29, 1.82) is 0 Å². The van der Waals surface area contributed by atoms with E-state index in [1.54, 1.807) is 42.6 Å². The van der Waals surface area contributed by atoms with Crippen molar-refractivity contribution >= 4 is 16.5 Å². The van der Waals surface area contributed by atoms with Gasteiger partial charge in [-0.25, -0.2) is 0 Å². The predicted octanol–water partition coefficient (Wildman–Crippen LogP) is 1.24. The number of aryl methyl sites for hydroxylation is 1. The summed E-state index contributed by atoms with van der Waals surface area (Å²) in [4.78, 5) is 12.1. The molecule has 0 aliphatic carbocycles. The van der Waals surface area contributed by atoms with E-state index in [0.29, 0.717) is 22.9 Å². The van der Waals surface area contributed by atoms with E-state index < -0.39 is 10.8 Å². The van der Waals surface area contributed by atoms with E-state index in [1.165, 1.54) is 10.6 Å². The van der Waals surface area contributed by atoms with Gasteiger partial charge in [0.1, 0.15) is 0 Å². The van der Waals surface area contributed by atoms with Crippen LogP contribution in [0.2, 0.25) is 0 Å². The van der Waals surface area contributed by atoms with E-state index in [4.69, 9.17) is 5.73 Å². The quantitative estimate of drug-likeness (QED) is 0.843. The van der Waals surface area contributed by atoms with Gasteiger partial charge in [-0.15, -0.1) is 0 Å². The van der Waals surface area contributed by atoms with Gasteiger partial charge in [0.2, 0.25) is 0 Å². The molecule has 1 heterocycles. The number of pyridine rings is 1. The molecule has 0 bridgehead atoms. The minimum absolute atomic E-state index is 0.0875. The molecule has 4 nitrogen and oxygen atoms in total. The van der Waals surface area contributed by atoms with Gasteiger partial charge in [0.15, 0.2) is 0 Å². The van der Waals surface area contributed by atoms with E-state index in [-0.39, 0.29) is 5.56 Å². The highest BCUT2D eigenvalue weighted by molar-refractivity contribution is 7.85. The lowest BCUT2D eigenvalue weighted by Crippen LogP contribution is -2.21. The Morgan fingerprint density at radius 1 is 1.11 bits per heavy atom. The average molecular weight is 262 g/mol. The van der Waals surface area contributed by atoms with Crippen LogP contribution in [0.15, 0.2) is 58.4 Å². The summed E-state index contributed by atoms with van der Waals surface area (Å²) in [6.45, 7) is 0.417. The Labute approximate surface area is 108 Å². The zero-order chi connectivity index (χ0) is 13.0. The normalized spacial score (nSPS) is 12.2. The molecule has 5 heteroatoms. The molecule has 2 rings (SSSR count). The Bertz CT molecular complexity index is 622. The zero-order valence-corrected chi connectivity index (χ0v) is 10.6. The van der Waals surface area contributed by atoms with Crippen molar-refractivity contribution in [1.82, 2.24) is 4.57 Å². The van der Waals surface area contributed by atoms with Crippen molar-refractivity contribution in [3.05, 3.63) is 59.0 Å². The van der Waals surface area contributed by atoms with Crippen LogP contribution in [0.4, 0.5) is 5.69 Å². The Hall–Kier alpha value is -1.88. The summed E-state index contributed by atoms with van der Waals surface area (Å²) in [6, 6.07) is 12.0. The fourth-order valence-corrected chi connectivity index (χ4v) is 2.77. The van der Waals surface area contributed by atoms with Crippen molar-refractivity contribution in [2.45, 2.75) is 11.4 Å². The fourth-order valence-electron chi connectivity index (χ4n) is 1.62. The number of rotatable bonds is 4. The molecule has 94 valence electrons. The summed E-state index contributed by atoms with van der Waals surface area (Å²) in [7, 11) is -1.19. The lowest BCUT2D eigenvalue weighted by Gasteiger charge is -2.07. The van der Waals surface area contributed by atoms with Gasteiger partial charge in [-0.1, -0.05) is 18.2 Å². The molecular formula is C13H14N2O2S. The van der Waals surface area contributed by atoms with E-state index in [9.17, 15) is 9.00 Å². The van der Waals surface area contributed by atoms with Crippen LogP contribution < -0.4 is 11.3 Å². The number of anilines is 1. The highest BCUT2D eigenvalue weighted by Crippen LogP contribution is 2.15. The molecule has 2 N–H and O–H groups in total. The maximum atomic E-state index is 12.1. The van der Waals surface area contributed by atoms with Gasteiger partial charge in [-0.05, 0) is 18.2 Å². The Kier molecular flexibility index (Phi) is 3.94. The van der Waals surface area contributed by atoms with Crippen LogP contribution in [0.3, 0.4) is 0 Å². The first-order chi connectivity index (χ1) is 8.68. The number of hydrogen-bond donors (Lipinski definition) is 1. The highest BCUT2D eigenvalue weighted by atomic mass is 32.2. The predicted molar refractivity (Wildman–Crippen MR) is 72.8 cm³/mol. The topological polar surface area (TPSA) is 65.1 Å². The van der Waals surface area contributed by atoms with Crippen molar-refractivity contribution in [3.63, 3.8) is 0 Å². The van der Waals surface area contributed by atoms with E-state index in [1.807, 2.05) is 0 Å². The van der Waals surface area contributed by atoms with E-state index >= 15 is 0 Å². The summed E-state index contributed by atoms with van der Waals surface area (Å²) >= 11 is 0. The van der Waals surface area contributed by atoms with Gasteiger partial charge in [0, 0.05) is 30.2 Å². The van der Waals surface area contributed by atoms with Crippen LogP contribution in [-0.2, 0) is 17.3 Å². The molecule has 1 aromatic heterocycles. The molecule has 1 aromatic carbocycles. The van der Waals surface area contributed by atoms with Crippen LogP contribution in [-0.4, -0.2) is 14.5 Å². The summed E-state index contributed by atoms with van der Waals surface area (Å²) in [6.07, 6.45) is 1.69. The third-order valence-electron chi connectivity index (χ3n) is 2.58. The molecule has 1 atom stereocenters. The molecule has 0 spiro atoms. The monoisotopic (exact) mass is 262 g/mol. The first-order valence-electron chi connectivity index (χ1n) is 5.57. The molecule has 0 saturated heterocycles. The highest BCUT2D eigenvalue weighted by Gasteiger charge is 2.07. The van der Waals surface area contributed by atoms with Gasteiger partial charge in [0.05, 0.1) is 15.7 Å². The molecule has 0 fully saturated rings. The third kappa shape index (κ3) is 2.87. The number of nitrogens with zero attached hydrogens (tertiary/aromatic N) is 1. The fraction of sp³-hybridized carbons (Fsp3) is 0.154. The molecule has 0 radical (unpaired) electrons. The second kappa shape index (κ2) is 5.64. The number of benzene rings is 1. The number of para-hydroxylation sites is 1. The van der Waals surface area contributed by atoms with Crippen LogP contribution in [0.25, 0.3) is 0 Å². The molecule has 18 heavy (non-hydrogen) atoms. The molecule has 0 amide bonds. The van der Waals surface area contributed by atoms with Gasteiger partial charge >= 0.3 is 0 Å². The van der Waals surface area contributed by atoms with Crippen molar-refractivity contribution in [2.24, 2.45) is 0 Å². The van der Waals surface area contributed by atoms with Crippen LogP contribution >= 0.6 is 0 Å². The Balaban J connectivity index is 2.08. The molecule has 1 unspecified atom stereocenters. The molecule has 0 aliphatic rings. The first kappa shape index (κ1) is 12.6. The van der Waals surface area contributed by atoms with E-state index in [0.717, 1.165) is 0 Å². The van der Waals surface area contributed by atoms with Crippen LogP contribution in [0.5, 0.6) is 0 Å². The number of aromatic nitrogens is 1. The van der Waals surface area contributed by atoms with Gasteiger partial charge in [-0.3, -0.25) is 9.00 Å². The summed E-state index contributed by atoms with van der Waals surface area (Å²) < 4.78 is 13.6. The molecule has 0 aliphatic heterocycles.